The molecule has 4 rings (SSSR count). The van der Waals surface area contributed by atoms with Crippen LogP contribution in [-0.4, -0.2) is 23.2 Å². The molecule has 0 unspecified atom stereocenters. The number of fused-ring (bicyclic) bond motifs is 2. The first kappa shape index (κ1) is 17.4. The van der Waals surface area contributed by atoms with Gasteiger partial charge in [-0.25, -0.2) is 8.78 Å². The van der Waals surface area contributed by atoms with Gasteiger partial charge in [-0.15, -0.1) is 6.58 Å². The molecule has 0 spiro atoms. The Kier molecular flexibility index (Phi) is 4.49. The average molecular weight is 388 g/mol. The summed E-state index contributed by atoms with van der Waals surface area (Å²) in [4.78, 5) is 16.9. The summed E-state index contributed by atoms with van der Waals surface area (Å²) in [6.45, 7) is 3.88. The number of carbonyl (C=O) groups excluding carboxylic acids is 1. The van der Waals surface area contributed by atoms with E-state index in [-0.39, 0.29) is 23.5 Å². The summed E-state index contributed by atoms with van der Waals surface area (Å²) >= 11 is 1.02. The third-order valence-corrected chi connectivity index (χ3v) is 5.02. The number of para-hydroxylation sites is 2. The van der Waals surface area contributed by atoms with Crippen LogP contribution < -0.4 is 14.3 Å². The van der Waals surface area contributed by atoms with Crippen molar-refractivity contribution in [3.05, 3.63) is 65.5 Å². The molecule has 1 aliphatic rings. The minimum Gasteiger partial charge on any atom is -0.485 e. The van der Waals surface area contributed by atoms with Crippen LogP contribution in [0.1, 0.15) is 0 Å². The van der Waals surface area contributed by atoms with Crippen molar-refractivity contribution < 1.29 is 23.0 Å². The van der Waals surface area contributed by atoms with E-state index in [1.165, 1.54) is 10.6 Å². The molecule has 0 saturated heterocycles. The maximum absolute atomic E-state index is 14.2. The van der Waals surface area contributed by atoms with Gasteiger partial charge in [0.2, 0.25) is 6.10 Å². The lowest BCUT2D eigenvalue weighted by Gasteiger charge is -2.23. The maximum atomic E-state index is 14.2. The molecule has 0 radical (unpaired) electrons. The Labute approximate surface area is 156 Å². The minimum atomic E-state index is -0.913. The van der Waals surface area contributed by atoms with Gasteiger partial charge in [0.25, 0.3) is 5.91 Å². The summed E-state index contributed by atoms with van der Waals surface area (Å²) in [5.41, 5.74) is 0.180. The van der Waals surface area contributed by atoms with Crippen molar-refractivity contribution in [2.24, 2.45) is 4.99 Å². The summed E-state index contributed by atoms with van der Waals surface area (Å²) in [5.74, 6) is -0.952. The zero-order valence-electron chi connectivity index (χ0n) is 14.0. The van der Waals surface area contributed by atoms with Crippen LogP contribution in [0.2, 0.25) is 0 Å². The van der Waals surface area contributed by atoms with E-state index in [0.29, 0.717) is 16.2 Å². The topological polar surface area (TPSA) is 52.8 Å². The normalized spacial score (nSPS) is 16.5. The summed E-state index contributed by atoms with van der Waals surface area (Å²) in [5, 5.41) is 0. The summed E-state index contributed by atoms with van der Waals surface area (Å²) < 4.78 is 40.8. The zero-order valence-corrected chi connectivity index (χ0v) is 14.8. The smallest absolute Gasteiger partial charge is 0.292 e. The van der Waals surface area contributed by atoms with Crippen molar-refractivity contribution in [2.75, 3.05) is 6.61 Å². The highest BCUT2D eigenvalue weighted by Gasteiger charge is 2.27. The summed E-state index contributed by atoms with van der Waals surface area (Å²) in [6.07, 6.45) is 0.637. The maximum Gasteiger partial charge on any atom is 0.292 e. The molecule has 0 saturated carbocycles. The van der Waals surface area contributed by atoms with E-state index in [9.17, 15) is 13.6 Å². The largest absolute Gasteiger partial charge is 0.485 e. The van der Waals surface area contributed by atoms with Crippen LogP contribution in [0, 0.1) is 11.6 Å². The van der Waals surface area contributed by atoms with Gasteiger partial charge in [-0.3, -0.25) is 4.79 Å². The lowest BCUT2D eigenvalue weighted by Crippen LogP contribution is -2.36. The molecule has 138 valence electrons. The van der Waals surface area contributed by atoms with Crippen LogP contribution in [0.25, 0.3) is 10.2 Å². The highest BCUT2D eigenvalue weighted by molar-refractivity contribution is 7.16. The van der Waals surface area contributed by atoms with Crippen molar-refractivity contribution >= 4 is 27.5 Å². The minimum absolute atomic E-state index is 0.0225. The zero-order chi connectivity index (χ0) is 19.0. The van der Waals surface area contributed by atoms with Gasteiger partial charge in [0.05, 0.1) is 10.2 Å². The van der Waals surface area contributed by atoms with E-state index in [0.717, 1.165) is 17.4 Å². The van der Waals surface area contributed by atoms with Crippen molar-refractivity contribution in [2.45, 2.75) is 12.6 Å². The molecule has 5 nitrogen and oxygen atoms in total. The van der Waals surface area contributed by atoms with Crippen LogP contribution in [-0.2, 0) is 11.3 Å². The Bertz CT molecular complexity index is 1120. The highest BCUT2D eigenvalue weighted by atomic mass is 32.1. The number of hydrogen-bond donors (Lipinski definition) is 0. The Morgan fingerprint density at radius 3 is 2.89 bits per heavy atom. The number of rotatable bonds is 3. The van der Waals surface area contributed by atoms with Gasteiger partial charge in [0.15, 0.2) is 22.1 Å². The van der Waals surface area contributed by atoms with E-state index in [1.54, 1.807) is 30.3 Å². The predicted molar refractivity (Wildman–Crippen MR) is 96.9 cm³/mol. The molecule has 1 aromatic heterocycles. The van der Waals surface area contributed by atoms with Crippen molar-refractivity contribution in [3.63, 3.8) is 0 Å². The fraction of sp³-hybridized carbons (Fsp3) is 0.158. The van der Waals surface area contributed by atoms with Crippen LogP contribution in [0.4, 0.5) is 8.78 Å². The van der Waals surface area contributed by atoms with E-state index < -0.39 is 23.6 Å². The Morgan fingerprint density at radius 1 is 1.33 bits per heavy atom. The number of nitrogens with zero attached hydrogens (tertiary/aromatic N) is 2. The number of ether oxygens (including phenoxy) is 2. The Morgan fingerprint density at radius 2 is 2.11 bits per heavy atom. The second-order valence-electron chi connectivity index (χ2n) is 5.83. The summed E-state index contributed by atoms with van der Waals surface area (Å²) in [6, 6.07) is 9.03. The average Bonchev–Trinajstić information content (AvgIpc) is 2.98. The van der Waals surface area contributed by atoms with Gasteiger partial charge in [-0.2, -0.15) is 4.99 Å². The molecule has 1 amide bonds. The molecule has 1 atom stereocenters. The van der Waals surface area contributed by atoms with Gasteiger partial charge in [0, 0.05) is 12.6 Å². The summed E-state index contributed by atoms with van der Waals surface area (Å²) in [7, 11) is 0. The van der Waals surface area contributed by atoms with E-state index >= 15 is 0 Å². The molecular formula is C19H14F2N2O3S. The van der Waals surface area contributed by atoms with Gasteiger partial charge < -0.3 is 14.0 Å². The number of thiazole rings is 1. The fourth-order valence-corrected chi connectivity index (χ4v) is 3.90. The number of carbonyl (C=O) groups is 1. The number of amides is 1. The molecule has 0 fully saturated rings. The van der Waals surface area contributed by atoms with Crippen molar-refractivity contribution in [1.29, 1.82) is 0 Å². The molecule has 8 heteroatoms. The molecule has 0 bridgehead atoms. The van der Waals surface area contributed by atoms with E-state index in [4.69, 9.17) is 9.47 Å². The third-order valence-electron chi connectivity index (χ3n) is 4.00. The molecule has 0 aliphatic carbocycles. The highest BCUT2D eigenvalue weighted by Crippen LogP contribution is 2.31. The number of benzene rings is 2. The Balaban J connectivity index is 1.74. The fourth-order valence-electron chi connectivity index (χ4n) is 2.82. The van der Waals surface area contributed by atoms with E-state index in [2.05, 4.69) is 11.6 Å². The lowest BCUT2D eigenvalue weighted by atomic mass is 10.2. The second kappa shape index (κ2) is 6.96. The predicted octanol–water partition coefficient (Wildman–Crippen LogP) is 3.43. The molecule has 27 heavy (non-hydrogen) atoms. The van der Waals surface area contributed by atoms with Gasteiger partial charge >= 0.3 is 0 Å². The molecule has 0 N–H and O–H groups in total. The molecule has 1 aliphatic heterocycles. The van der Waals surface area contributed by atoms with Crippen LogP contribution in [0.15, 0.2) is 54.0 Å². The first-order chi connectivity index (χ1) is 13.1. The molecule has 2 aromatic carbocycles. The lowest BCUT2D eigenvalue weighted by molar-refractivity contribution is -0.127. The van der Waals surface area contributed by atoms with Crippen LogP contribution in [0.3, 0.4) is 0 Å². The number of allylic oxidation sites excluding steroid dienone is 1. The molecule has 3 aromatic rings. The van der Waals surface area contributed by atoms with Crippen molar-refractivity contribution in [3.8, 4) is 11.5 Å². The quantitative estimate of drug-likeness (QED) is 0.646. The van der Waals surface area contributed by atoms with Crippen molar-refractivity contribution in [1.82, 2.24) is 4.57 Å². The monoisotopic (exact) mass is 388 g/mol. The number of hydrogen-bond acceptors (Lipinski definition) is 4. The third kappa shape index (κ3) is 3.23. The second-order valence-corrected chi connectivity index (χ2v) is 6.84. The van der Waals surface area contributed by atoms with Crippen LogP contribution >= 0.6 is 11.3 Å². The standard InChI is InChI=1S/C19H14F2N2O3S/c1-2-7-23-17-12(21)8-11(20)9-16(17)27-19(23)22-18(24)15-10-25-13-5-3-4-6-14(13)26-15/h2-6,8-9,15H,1,7,10H2/t15-/m0/s1. The Hall–Kier alpha value is -3.00. The number of halogens is 2. The van der Waals surface area contributed by atoms with Gasteiger partial charge in [0.1, 0.15) is 12.4 Å². The molecule has 2 heterocycles. The first-order valence-corrected chi connectivity index (χ1v) is 8.95. The van der Waals surface area contributed by atoms with Crippen LogP contribution in [0.5, 0.6) is 11.5 Å². The van der Waals surface area contributed by atoms with Gasteiger partial charge in [-0.05, 0) is 18.2 Å². The first-order valence-electron chi connectivity index (χ1n) is 8.13. The van der Waals surface area contributed by atoms with E-state index in [1.807, 2.05) is 0 Å². The molecular weight excluding hydrogens is 374 g/mol. The number of aromatic nitrogens is 1. The SMILES string of the molecule is C=CCn1c(=NC(=O)[C@@H]2COc3ccccc3O2)sc2cc(F)cc(F)c21. The van der Waals surface area contributed by atoms with Gasteiger partial charge in [-0.1, -0.05) is 29.5 Å².